The van der Waals surface area contributed by atoms with Gasteiger partial charge in [-0.15, -0.1) is 6.58 Å². The summed E-state index contributed by atoms with van der Waals surface area (Å²) >= 11 is 0. The molecule has 0 radical (unpaired) electrons. The molecule has 0 aromatic rings. The van der Waals surface area contributed by atoms with Crippen LogP contribution in [0.25, 0.3) is 0 Å². The molecule has 1 aliphatic heterocycles. The van der Waals surface area contributed by atoms with Crippen LogP contribution >= 0.6 is 0 Å². The third-order valence-corrected chi connectivity index (χ3v) is 15.2. The van der Waals surface area contributed by atoms with Crippen LogP contribution in [0.3, 0.4) is 0 Å². The smallest absolute Gasteiger partial charge is 0.426 e. The number of carbonyl (C=O) groups is 1. The molecule has 0 amide bonds. The molecule has 5 saturated carbocycles. The summed E-state index contributed by atoms with van der Waals surface area (Å²) in [5.74, 6) is 1.36. The molecule has 0 aromatic carbocycles. The molecule has 226 valence electrons. The summed E-state index contributed by atoms with van der Waals surface area (Å²) in [7, 11) is 0. The number of hydrogen-bond donors (Lipinski definition) is 3. The van der Waals surface area contributed by atoms with Crippen molar-refractivity contribution in [3.8, 4) is 0 Å². The van der Waals surface area contributed by atoms with E-state index in [2.05, 4.69) is 48.1 Å². The Morgan fingerprint density at radius 3 is 2.20 bits per heavy atom. The lowest BCUT2D eigenvalue weighted by atomic mass is 9.41. The standard InChI is InChI=1S/C34H54O6/c1-10-20(27-30(6,7)40-28(38)39-27)17-18(2)24-25(36)26(37)32(9)22-12-11-21-29(4,5)23(35)13-14-33(21)19(3)34(22,33)16-15-31(24,32)8/h10,18-27,35-37H,1,11-17H2,2-9H3. The van der Waals surface area contributed by atoms with Gasteiger partial charge >= 0.3 is 6.16 Å². The van der Waals surface area contributed by atoms with Gasteiger partial charge in [-0.1, -0.05) is 47.6 Å². The largest absolute Gasteiger partial charge is 0.509 e. The van der Waals surface area contributed by atoms with Crippen LogP contribution in [-0.2, 0) is 9.47 Å². The minimum atomic E-state index is -0.798. The maximum Gasteiger partial charge on any atom is 0.509 e. The minimum Gasteiger partial charge on any atom is -0.426 e. The first-order chi connectivity index (χ1) is 18.5. The highest BCUT2D eigenvalue weighted by atomic mass is 16.8. The Morgan fingerprint density at radius 2 is 1.60 bits per heavy atom. The summed E-state index contributed by atoms with van der Waals surface area (Å²) < 4.78 is 11.1. The van der Waals surface area contributed by atoms with Crippen molar-refractivity contribution >= 4 is 6.16 Å². The molecule has 6 fully saturated rings. The number of aliphatic hydroxyl groups excluding tert-OH is 3. The van der Waals surface area contributed by atoms with Crippen molar-refractivity contribution in [3.05, 3.63) is 12.7 Å². The predicted octanol–water partition coefficient (Wildman–Crippen LogP) is 6.12. The number of aliphatic hydroxyl groups is 3. The topological polar surface area (TPSA) is 96.2 Å². The monoisotopic (exact) mass is 558 g/mol. The molecule has 6 rings (SSSR count). The zero-order valence-corrected chi connectivity index (χ0v) is 26.1. The summed E-state index contributed by atoms with van der Waals surface area (Å²) in [5, 5.41) is 34.9. The summed E-state index contributed by atoms with van der Waals surface area (Å²) in [4.78, 5) is 12.0. The Labute approximate surface area is 241 Å². The fourth-order valence-corrected chi connectivity index (χ4v) is 13.2. The van der Waals surface area contributed by atoms with E-state index >= 15 is 0 Å². The molecule has 1 heterocycles. The quantitative estimate of drug-likeness (QED) is 0.278. The Balaban J connectivity index is 1.32. The van der Waals surface area contributed by atoms with Crippen molar-refractivity contribution in [2.24, 2.45) is 62.6 Å². The Hall–Kier alpha value is -1.11. The van der Waals surface area contributed by atoms with E-state index in [1.165, 1.54) is 0 Å². The summed E-state index contributed by atoms with van der Waals surface area (Å²) in [6.07, 6.45) is 5.95. The van der Waals surface area contributed by atoms with Gasteiger partial charge in [0.05, 0.1) is 18.3 Å². The van der Waals surface area contributed by atoms with E-state index in [-0.39, 0.29) is 45.5 Å². The molecular formula is C34H54O6. The van der Waals surface area contributed by atoms with E-state index in [0.29, 0.717) is 24.2 Å². The van der Waals surface area contributed by atoms with Crippen LogP contribution in [0.1, 0.15) is 100 Å². The van der Waals surface area contributed by atoms with Gasteiger partial charge in [0.1, 0.15) is 5.60 Å². The Bertz CT molecular complexity index is 1080. The fraction of sp³-hybridized carbons (Fsp3) is 0.912. The number of fused-ring (bicyclic) bond motifs is 2. The molecule has 2 spiro atoms. The van der Waals surface area contributed by atoms with Crippen LogP contribution in [0.5, 0.6) is 0 Å². The first kappa shape index (κ1) is 29.0. The van der Waals surface area contributed by atoms with Gasteiger partial charge in [0.25, 0.3) is 0 Å². The van der Waals surface area contributed by atoms with Crippen molar-refractivity contribution < 1.29 is 29.6 Å². The Morgan fingerprint density at radius 1 is 0.975 bits per heavy atom. The average molecular weight is 559 g/mol. The molecule has 6 aliphatic rings. The van der Waals surface area contributed by atoms with Crippen LogP contribution in [0.15, 0.2) is 12.7 Å². The molecule has 6 heteroatoms. The molecule has 0 aromatic heterocycles. The van der Waals surface area contributed by atoms with Gasteiger partial charge in [-0.2, -0.15) is 0 Å². The number of rotatable bonds is 5. The molecule has 14 unspecified atom stereocenters. The first-order valence-electron chi connectivity index (χ1n) is 16.0. The van der Waals surface area contributed by atoms with Crippen LogP contribution in [0.2, 0.25) is 0 Å². The first-order valence-corrected chi connectivity index (χ1v) is 16.0. The summed E-state index contributed by atoms with van der Waals surface area (Å²) in [6.45, 7) is 21.7. The summed E-state index contributed by atoms with van der Waals surface area (Å²) in [6, 6.07) is 0. The number of carbonyl (C=O) groups excluding carboxylic acids is 1. The third kappa shape index (κ3) is 3.10. The maximum absolute atomic E-state index is 12.1. The van der Waals surface area contributed by atoms with Gasteiger partial charge in [-0.3, -0.25) is 0 Å². The van der Waals surface area contributed by atoms with E-state index in [4.69, 9.17) is 9.47 Å². The van der Waals surface area contributed by atoms with E-state index in [1.807, 2.05) is 19.9 Å². The molecule has 5 aliphatic carbocycles. The fourth-order valence-electron chi connectivity index (χ4n) is 13.2. The molecule has 0 bridgehead atoms. The summed E-state index contributed by atoms with van der Waals surface area (Å²) in [5.41, 5.74) is -1.01. The molecular weight excluding hydrogens is 504 g/mol. The second-order valence-electron chi connectivity index (χ2n) is 16.6. The highest BCUT2D eigenvalue weighted by Crippen LogP contribution is 2.91. The van der Waals surface area contributed by atoms with Crippen LogP contribution in [0, 0.1) is 62.6 Å². The number of hydrogen-bond acceptors (Lipinski definition) is 6. The van der Waals surface area contributed by atoms with Crippen LogP contribution < -0.4 is 0 Å². The van der Waals surface area contributed by atoms with Gasteiger partial charge in [0.2, 0.25) is 0 Å². The zero-order valence-electron chi connectivity index (χ0n) is 26.1. The van der Waals surface area contributed by atoms with E-state index < -0.39 is 35.5 Å². The van der Waals surface area contributed by atoms with Crippen LogP contribution in [-0.4, -0.2) is 51.5 Å². The predicted molar refractivity (Wildman–Crippen MR) is 153 cm³/mol. The molecule has 6 nitrogen and oxygen atoms in total. The third-order valence-electron chi connectivity index (χ3n) is 15.2. The van der Waals surface area contributed by atoms with Gasteiger partial charge in [-0.05, 0) is 110 Å². The normalized spacial score (nSPS) is 55.0. The number of cyclic esters (lactones) is 2. The van der Waals surface area contributed by atoms with E-state index in [1.54, 1.807) is 0 Å². The van der Waals surface area contributed by atoms with Crippen molar-refractivity contribution in [2.75, 3.05) is 0 Å². The van der Waals surface area contributed by atoms with E-state index in [0.717, 1.165) is 38.5 Å². The highest BCUT2D eigenvalue weighted by molar-refractivity contribution is 5.63. The highest BCUT2D eigenvalue weighted by Gasteiger charge is 2.87. The van der Waals surface area contributed by atoms with Gasteiger partial charge in [-0.25, -0.2) is 4.79 Å². The van der Waals surface area contributed by atoms with Crippen molar-refractivity contribution in [2.45, 2.75) is 130 Å². The minimum absolute atomic E-state index is 0.0687. The van der Waals surface area contributed by atoms with Gasteiger partial charge < -0.3 is 24.8 Å². The van der Waals surface area contributed by atoms with Crippen molar-refractivity contribution in [1.29, 1.82) is 0 Å². The lowest BCUT2D eigenvalue weighted by molar-refractivity contribution is -0.183. The molecule has 1 saturated heterocycles. The Kier molecular flexibility index (Phi) is 6.16. The maximum atomic E-state index is 12.1. The second kappa shape index (κ2) is 8.50. The van der Waals surface area contributed by atoms with E-state index in [9.17, 15) is 20.1 Å². The van der Waals surface area contributed by atoms with Gasteiger partial charge in [0.15, 0.2) is 6.10 Å². The van der Waals surface area contributed by atoms with Gasteiger partial charge in [0, 0.05) is 11.3 Å². The average Bonchev–Trinajstić information content (AvgIpc) is 3.20. The molecule has 3 N–H and O–H groups in total. The van der Waals surface area contributed by atoms with Crippen LogP contribution in [0.4, 0.5) is 4.79 Å². The number of ether oxygens (including phenoxy) is 2. The van der Waals surface area contributed by atoms with Crippen molar-refractivity contribution in [3.63, 3.8) is 0 Å². The lowest BCUT2D eigenvalue weighted by Crippen LogP contribution is -2.59. The SMILES string of the molecule is C=CC(CC(C)C1C(O)C(O)C2(C)C3CCC4C(C)(C)C(O)CCC45C(C)C35CCC12C)C1OC(=O)OC1(C)C. The lowest BCUT2D eigenvalue weighted by Gasteiger charge is -2.63. The molecule has 40 heavy (non-hydrogen) atoms. The zero-order chi connectivity index (χ0) is 29.4. The molecule has 14 atom stereocenters. The second-order valence-corrected chi connectivity index (χ2v) is 16.6. The van der Waals surface area contributed by atoms with Crippen molar-refractivity contribution in [1.82, 2.24) is 0 Å².